The van der Waals surface area contributed by atoms with Gasteiger partial charge >= 0.3 is 12.1 Å². The number of rotatable bonds is 6. The van der Waals surface area contributed by atoms with E-state index in [9.17, 15) is 14.4 Å². The molecule has 0 spiro atoms. The first kappa shape index (κ1) is 24.1. The Hall–Kier alpha value is -3.50. The first-order chi connectivity index (χ1) is 15.9. The molecule has 180 valence electrons. The highest BCUT2D eigenvalue weighted by Gasteiger charge is 2.43. The molecule has 2 atom stereocenters. The molecule has 2 aliphatic heterocycles. The second-order valence-corrected chi connectivity index (χ2v) is 7.40. The van der Waals surface area contributed by atoms with Gasteiger partial charge in [0.1, 0.15) is 17.5 Å². The van der Waals surface area contributed by atoms with Gasteiger partial charge in [0.05, 0.1) is 27.4 Å². The fourth-order valence-electron chi connectivity index (χ4n) is 3.83. The van der Waals surface area contributed by atoms with Gasteiger partial charge in [-0.25, -0.2) is 9.79 Å². The van der Waals surface area contributed by atoms with Crippen LogP contribution in [-0.4, -0.2) is 87.3 Å². The fourth-order valence-corrected chi connectivity index (χ4v) is 3.83. The molecule has 0 radical (unpaired) electrons. The minimum Gasteiger partial charge on any atom is -0.497 e. The van der Waals surface area contributed by atoms with Gasteiger partial charge in [-0.05, 0) is 26.0 Å². The Morgan fingerprint density at radius 1 is 1.06 bits per heavy atom. The lowest BCUT2D eigenvalue weighted by Gasteiger charge is -2.38. The van der Waals surface area contributed by atoms with Crippen LogP contribution < -0.4 is 14.8 Å². The molecule has 1 fully saturated rings. The lowest BCUT2D eigenvalue weighted by molar-refractivity contribution is -0.153. The van der Waals surface area contributed by atoms with Crippen molar-refractivity contribution < 1.29 is 33.3 Å². The van der Waals surface area contributed by atoms with Gasteiger partial charge in [-0.1, -0.05) is 0 Å². The predicted molar refractivity (Wildman–Crippen MR) is 118 cm³/mol. The van der Waals surface area contributed by atoms with Crippen molar-refractivity contribution in [3.05, 3.63) is 23.8 Å². The van der Waals surface area contributed by atoms with Crippen LogP contribution in [0.5, 0.6) is 11.5 Å². The lowest BCUT2D eigenvalue weighted by atomic mass is 9.90. The average Bonchev–Trinajstić information content (AvgIpc) is 2.83. The Bertz CT molecular complexity index is 912. The maximum atomic E-state index is 13.1. The molecule has 0 aromatic heterocycles. The molecule has 0 saturated carbocycles. The second kappa shape index (κ2) is 10.9. The molecule has 0 bridgehead atoms. The SMILES string of the molecule is CCOC(=O)C1C(=O)NC(N2CCN(C(=O)OCC)CC2)=NC1c1ccc(OC)cc1OC. The van der Waals surface area contributed by atoms with Crippen LogP contribution in [0.2, 0.25) is 0 Å². The third kappa shape index (κ3) is 5.29. The summed E-state index contributed by atoms with van der Waals surface area (Å²) in [5, 5.41) is 2.74. The number of benzene rings is 1. The van der Waals surface area contributed by atoms with Crippen LogP contribution in [-0.2, 0) is 19.1 Å². The van der Waals surface area contributed by atoms with E-state index in [1.165, 1.54) is 14.2 Å². The molecule has 0 aliphatic carbocycles. The van der Waals surface area contributed by atoms with Gasteiger partial charge in [-0.15, -0.1) is 0 Å². The molecule has 2 unspecified atom stereocenters. The van der Waals surface area contributed by atoms with Gasteiger partial charge in [0.15, 0.2) is 5.92 Å². The van der Waals surface area contributed by atoms with Crippen LogP contribution in [0.25, 0.3) is 0 Å². The first-order valence-electron chi connectivity index (χ1n) is 10.9. The highest BCUT2D eigenvalue weighted by Crippen LogP contribution is 2.38. The first-order valence-corrected chi connectivity index (χ1v) is 10.9. The Morgan fingerprint density at radius 3 is 2.36 bits per heavy atom. The highest BCUT2D eigenvalue weighted by atomic mass is 16.6. The van der Waals surface area contributed by atoms with Crippen LogP contribution in [0.3, 0.4) is 0 Å². The summed E-state index contributed by atoms with van der Waals surface area (Å²) in [6, 6.07) is 4.28. The zero-order valence-corrected chi connectivity index (χ0v) is 19.3. The average molecular weight is 463 g/mol. The summed E-state index contributed by atoms with van der Waals surface area (Å²) < 4.78 is 21.0. The number of carbonyl (C=O) groups is 3. The standard InChI is InChI=1S/C22H30N4O7/c1-5-32-20(28)17-18(15-8-7-14(30-3)13-16(15)31-4)23-21(24-19(17)27)25-9-11-26(12-10-25)22(29)33-6-2/h7-8,13,17-18H,5-6,9-12H2,1-4H3,(H,23,24,27). The molecule has 1 N–H and O–H groups in total. The minimum absolute atomic E-state index is 0.140. The molecular formula is C22H30N4O7. The van der Waals surface area contributed by atoms with Gasteiger partial charge in [0.25, 0.3) is 0 Å². The van der Waals surface area contributed by atoms with E-state index in [2.05, 4.69) is 5.32 Å². The lowest BCUT2D eigenvalue weighted by Crippen LogP contribution is -2.58. The van der Waals surface area contributed by atoms with Crippen molar-refractivity contribution in [3.8, 4) is 11.5 Å². The summed E-state index contributed by atoms with van der Waals surface area (Å²) in [6.45, 7) is 5.64. The number of guanidine groups is 1. The topological polar surface area (TPSA) is 119 Å². The number of hydrogen-bond donors (Lipinski definition) is 1. The van der Waals surface area contributed by atoms with E-state index in [1.54, 1.807) is 36.9 Å². The molecule has 2 heterocycles. The fraction of sp³-hybridized carbons (Fsp3) is 0.545. The van der Waals surface area contributed by atoms with Crippen LogP contribution in [0, 0.1) is 5.92 Å². The second-order valence-electron chi connectivity index (χ2n) is 7.40. The molecule has 1 saturated heterocycles. The maximum Gasteiger partial charge on any atom is 0.409 e. The molecule has 33 heavy (non-hydrogen) atoms. The zero-order valence-electron chi connectivity index (χ0n) is 19.3. The van der Waals surface area contributed by atoms with E-state index in [1.807, 2.05) is 4.90 Å². The van der Waals surface area contributed by atoms with E-state index in [-0.39, 0.29) is 12.7 Å². The number of piperazine rings is 1. The predicted octanol–water partition coefficient (Wildman–Crippen LogP) is 1.18. The van der Waals surface area contributed by atoms with Gasteiger partial charge in [-0.2, -0.15) is 0 Å². The summed E-state index contributed by atoms with van der Waals surface area (Å²) in [5.74, 6) is -0.980. The van der Waals surface area contributed by atoms with E-state index in [0.717, 1.165) is 0 Å². The molecular weight excluding hydrogens is 432 g/mol. The number of hydrogen-bond acceptors (Lipinski definition) is 9. The number of nitrogens with zero attached hydrogens (tertiary/aromatic N) is 3. The molecule has 3 rings (SSSR count). The largest absolute Gasteiger partial charge is 0.497 e. The number of aliphatic imine (C=N–C) groups is 1. The van der Waals surface area contributed by atoms with E-state index < -0.39 is 23.8 Å². The van der Waals surface area contributed by atoms with Crippen molar-refractivity contribution in [2.24, 2.45) is 10.9 Å². The number of carbonyl (C=O) groups excluding carboxylic acids is 3. The molecule has 11 nitrogen and oxygen atoms in total. The van der Waals surface area contributed by atoms with Crippen molar-refractivity contribution in [3.63, 3.8) is 0 Å². The van der Waals surface area contributed by atoms with Crippen molar-refractivity contribution in [2.75, 3.05) is 53.6 Å². The zero-order chi connectivity index (χ0) is 24.0. The van der Waals surface area contributed by atoms with Crippen LogP contribution in [0.1, 0.15) is 25.5 Å². The smallest absolute Gasteiger partial charge is 0.409 e. The molecule has 1 aromatic carbocycles. The summed E-state index contributed by atoms with van der Waals surface area (Å²) in [4.78, 5) is 45.9. The van der Waals surface area contributed by atoms with Crippen LogP contribution in [0.4, 0.5) is 4.79 Å². The van der Waals surface area contributed by atoms with Crippen molar-refractivity contribution in [2.45, 2.75) is 19.9 Å². The Labute approximate surface area is 192 Å². The van der Waals surface area contributed by atoms with E-state index in [0.29, 0.717) is 55.8 Å². The maximum absolute atomic E-state index is 13.1. The van der Waals surface area contributed by atoms with Gasteiger partial charge < -0.3 is 28.7 Å². The molecule has 2 amide bonds. The van der Waals surface area contributed by atoms with Crippen molar-refractivity contribution in [1.82, 2.24) is 15.1 Å². The monoisotopic (exact) mass is 462 g/mol. The number of methoxy groups -OCH3 is 2. The third-order valence-electron chi connectivity index (χ3n) is 5.50. The van der Waals surface area contributed by atoms with Crippen LogP contribution >= 0.6 is 0 Å². The molecule has 2 aliphatic rings. The number of amides is 2. The van der Waals surface area contributed by atoms with Crippen LogP contribution in [0.15, 0.2) is 23.2 Å². The summed E-state index contributed by atoms with van der Waals surface area (Å²) in [5.41, 5.74) is 0.564. The van der Waals surface area contributed by atoms with Gasteiger partial charge in [0, 0.05) is 37.8 Å². The summed E-state index contributed by atoms with van der Waals surface area (Å²) in [7, 11) is 3.04. The minimum atomic E-state index is -1.17. The van der Waals surface area contributed by atoms with Gasteiger partial charge in [-0.3, -0.25) is 14.9 Å². The molecule has 1 aromatic rings. The number of nitrogens with one attached hydrogen (secondary N) is 1. The summed E-state index contributed by atoms with van der Waals surface area (Å²) >= 11 is 0. The highest BCUT2D eigenvalue weighted by molar-refractivity contribution is 6.08. The molecule has 11 heteroatoms. The van der Waals surface area contributed by atoms with E-state index in [4.69, 9.17) is 23.9 Å². The quantitative estimate of drug-likeness (QED) is 0.495. The van der Waals surface area contributed by atoms with Crippen molar-refractivity contribution >= 4 is 23.9 Å². The van der Waals surface area contributed by atoms with E-state index >= 15 is 0 Å². The summed E-state index contributed by atoms with van der Waals surface area (Å²) in [6.07, 6.45) is -0.366. The number of esters is 1. The Morgan fingerprint density at radius 2 is 1.76 bits per heavy atom. The Balaban J connectivity index is 1.92. The Kier molecular flexibility index (Phi) is 7.96. The number of ether oxygens (including phenoxy) is 4. The third-order valence-corrected chi connectivity index (χ3v) is 5.50. The van der Waals surface area contributed by atoms with Crippen molar-refractivity contribution in [1.29, 1.82) is 0 Å². The normalized spacial score (nSPS) is 20.5. The van der Waals surface area contributed by atoms with Gasteiger partial charge in [0.2, 0.25) is 11.9 Å².